The largest absolute Gasteiger partial charge is 0.479 e. The summed E-state index contributed by atoms with van der Waals surface area (Å²) in [5, 5.41) is 23.5. The van der Waals surface area contributed by atoms with E-state index in [9.17, 15) is 33.9 Å². The van der Waals surface area contributed by atoms with Crippen LogP contribution in [0.15, 0.2) is 16.4 Å². The number of nitrogens with one attached hydrogen (secondary N) is 1. The van der Waals surface area contributed by atoms with Gasteiger partial charge in [-0.1, -0.05) is 28.1 Å². The van der Waals surface area contributed by atoms with Crippen molar-refractivity contribution in [3.8, 4) is 0 Å². The van der Waals surface area contributed by atoms with Gasteiger partial charge in [0.2, 0.25) is 6.61 Å². The molecule has 198 valence electrons. The summed E-state index contributed by atoms with van der Waals surface area (Å²) in [7, 11) is 0. The lowest BCUT2D eigenvalue weighted by molar-refractivity contribution is -0.150. The molecule has 15 nitrogen and oxygen atoms in total. The first kappa shape index (κ1) is 27.9. The van der Waals surface area contributed by atoms with Crippen LogP contribution < -0.4 is 11.1 Å². The Balaban J connectivity index is 1.77. The summed E-state index contributed by atoms with van der Waals surface area (Å²) in [6.07, 6.45) is -0.475. The quantitative estimate of drug-likeness (QED) is 0.0853. The molecule has 1 aromatic heterocycles. The molecular weight excluding hydrogens is 558 g/mol. The van der Waals surface area contributed by atoms with Crippen LogP contribution in [-0.4, -0.2) is 91.7 Å². The monoisotopic (exact) mass is 575 g/mol. The van der Waals surface area contributed by atoms with Crippen molar-refractivity contribution in [2.45, 2.75) is 24.8 Å². The van der Waals surface area contributed by atoms with Crippen molar-refractivity contribution in [2.24, 2.45) is 5.16 Å². The van der Waals surface area contributed by atoms with E-state index in [4.69, 9.17) is 27.2 Å². The molecule has 3 heterocycles. The van der Waals surface area contributed by atoms with Gasteiger partial charge in [-0.3, -0.25) is 24.1 Å². The number of carbonyl (C=O) groups excluding carboxylic acids is 4. The lowest BCUT2D eigenvalue weighted by Gasteiger charge is -2.49. The first-order chi connectivity index (χ1) is 17.4. The Hall–Kier alpha value is -3.70. The molecule has 2 aliphatic rings. The second-order valence-electron chi connectivity index (χ2n) is 7.44. The minimum atomic E-state index is -1.45. The van der Waals surface area contributed by atoms with E-state index < -0.39 is 78.0 Å². The number of aliphatic carboxylic acids is 2. The number of carbonyl (C=O) groups is 6. The van der Waals surface area contributed by atoms with Gasteiger partial charge in [0.05, 0.1) is 0 Å². The molecule has 2 aliphatic heterocycles. The van der Waals surface area contributed by atoms with Crippen molar-refractivity contribution < 1.29 is 48.6 Å². The molecule has 0 aliphatic carbocycles. The van der Waals surface area contributed by atoms with E-state index in [-0.39, 0.29) is 26.5 Å². The number of fused-ring (bicyclic) bond motifs is 1. The summed E-state index contributed by atoms with van der Waals surface area (Å²) < 4.78 is 4.91. The molecule has 0 unspecified atom stereocenters. The number of carboxylic acids is 2. The molecule has 37 heavy (non-hydrogen) atoms. The molecule has 3 rings (SSSR count). The summed E-state index contributed by atoms with van der Waals surface area (Å²) in [6.45, 7) is -0.117. The van der Waals surface area contributed by atoms with Crippen molar-refractivity contribution >= 4 is 81.0 Å². The number of nitrogen functional groups attached to an aromatic ring is 1. The number of hydrogen-bond donors (Lipinski definition) is 4. The van der Waals surface area contributed by atoms with E-state index in [2.05, 4.69) is 20.3 Å². The van der Waals surface area contributed by atoms with E-state index in [1.807, 2.05) is 0 Å². The molecule has 0 aromatic carbocycles. The standard InChI is InChI=1S/C19H18ClN5O10S2/c1-6(26)2-9(29)34-3-7-5-36-17-12(16(31)25(17)13(7)18(32)33)22-15(30)11(24-35-4-8(27)28)10-14(20)37-19(21)23-10/h12,17H,2-5H2,1H3,(H2,21,23)(H,22,30)(H,27,28)(H,32,33)/b24-11-/t12-,17+/m1/s1. The molecule has 0 saturated carbocycles. The summed E-state index contributed by atoms with van der Waals surface area (Å²) in [5.41, 5.74) is 4.59. The number of halogens is 1. The highest BCUT2D eigenvalue weighted by Gasteiger charge is 2.54. The van der Waals surface area contributed by atoms with E-state index in [1.54, 1.807) is 0 Å². The third kappa shape index (κ3) is 6.36. The number of carboxylic acid groups (broad SMARTS) is 2. The highest BCUT2D eigenvalue weighted by molar-refractivity contribution is 8.00. The fraction of sp³-hybridized carbons (Fsp3) is 0.368. The van der Waals surface area contributed by atoms with Crippen LogP contribution in [0.5, 0.6) is 0 Å². The number of esters is 1. The van der Waals surface area contributed by atoms with Gasteiger partial charge in [0.25, 0.3) is 11.8 Å². The molecule has 2 amide bonds. The third-order valence-electron chi connectivity index (χ3n) is 4.72. The number of nitrogens with two attached hydrogens (primary N) is 1. The Morgan fingerprint density at radius 1 is 1.30 bits per heavy atom. The number of ether oxygens (including phenoxy) is 1. The average Bonchev–Trinajstić information content (AvgIpc) is 3.14. The number of ketones is 1. The highest BCUT2D eigenvalue weighted by Crippen LogP contribution is 2.40. The maximum absolute atomic E-state index is 13.0. The van der Waals surface area contributed by atoms with Crippen molar-refractivity contribution in [3.05, 3.63) is 21.3 Å². The number of thiazole rings is 1. The molecular formula is C19H18ClN5O10S2. The zero-order valence-corrected chi connectivity index (χ0v) is 21.1. The lowest BCUT2D eigenvalue weighted by Crippen LogP contribution is -2.71. The van der Waals surface area contributed by atoms with Gasteiger partial charge in [0.15, 0.2) is 10.8 Å². The minimum Gasteiger partial charge on any atom is -0.479 e. The summed E-state index contributed by atoms with van der Waals surface area (Å²) in [4.78, 5) is 80.6. The normalized spacial score (nSPS) is 19.0. The zero-order valence-electron chi connectivity index (χ0n) is 18.8. The first-order valence-electron chi connectivity index (χ1n) is 10.1. The number of Topliss-reactive ketones (excluding diaryl/α,β-unsaturated/α-hetero) is 1. The fourth-order valence-corrected chi connectivity index (χ4v) is 5.49. The smallest absolute Gasteiger partial charge is 0.352 e. The van der Waals surface area contributed by atoms with Crippen LogP contribution in [0.3, 0.4) is 0 Å². The Bertz CT molecular complexity index is 1250. The van der Waals surface area contributed by atoms with Gasteiger partial charge in [-0.2, -0.15) is 0 Å². The maximum Gasteiger partial charge on any atom is 0.352 e. The molecule has 1 aromatic rings. The van der Waals surface area contributed by atoms with Crippen molar-refractivity contribution in [1.29, 1.82) is 0 Å². The molecule has 0 radical (unpaired) electrons. The topological polar surface area (TPSA) is 228 Å². The molecule has 1 saturated heterocycles. The SMILES string of the molecule is CC(=O)CC(=O)OCC1=C(C(=O)O)N2C(=O)[C@@H](NC(=O)/C(=N\OCC(=O)O)c3nc(N)sc3Cl)[C@@H]2SC1. The average molecular weight is 576 g/mol. The molecule has 2 atom stereocenters. The van der Waals surface area contributed by atoms with Gasteiger partial charge in [0.1, 0.15) is 46.0 Å². The van der Waals surface area contributed by atoms with Crippen LogP contribution in [0.2, 0.25) is 4.34 Å². The fourth-order valence-electron chi connectivity index (χ4n) is 3.23. The summed E-state index contributed by atoms with van der Waals surface area (Å²) in [6, 6.07) is -1.19. The van der Waals surface area contributed by atoms with Crippen LogP contribution in [0, 0.1) is 0 Å². The zero-order chi connectivity index (χ0) is 27.4. The number of hydrogen-bond acceptors (Lipinski definition) is 13. The van der Waals surface area contributed by atoms with Gasteiger partial charge in [-0.15, -0.1) is 11.8 Å². The van der Waals surface area contributed by atoms with Gasteiger partial charge in [-0.25, -0.2) is 14.6 Å². The van der Waals surface area contributed by atoms with Gasteiger partial charge < -0.3 is 30.8 Å². The van der Waals surface area contributed by atoms with Crippen molar-refractivity contribution in [2.75, 3.05) is 24.7 Å². The Morgan fingerprint density at radius 2 is 2.00 bits per heavy atom. The van der Waals surface area contributed by atoms with Crippen LogP contribution in [0.1, 0.15) is 19.0 Å². The van der Waals surface area contributed by atoms with Crippen LogP contribution in [0.25, 0.3) is 0 Å². The van der Waals surface area contributed by atoms with E-state index in [1.165, 1.54) is 6.92 Å². The number of nitrogens with zero attached hydrogens (tertiary/aromatic N) is 3. The van der Waals surface area contributed by atoms with E-state index in [0.717, 1.165) is 28.0 Å². The Labute approximate surface area is 220 Å². The molecule has 18 heteroatoms. The number of amides is 2. The van der Waals surface area contributed by atoms with Gasteiger partial charge >= 0.3 is 17.9 Å². The van der Waals surface area contributed by atoms with Crippen LogP contribution in [0.4, 0.5) is 5.13 Å². The molecule has 0 bridgehead atoms. The summed E-state index contributed by atoms with van der Waals surface area (Å²) >= 11 is 7.96. The van der Waals surface area contributed by atoms with Crippen molar-refractivity contribution in [3.63, 3.8) is 0 Å². The minimum absolute atomic E-state index is 0.0137. The van der Waals surface area contributed by atoms with Crippen LogP contribution >= 0.6 is 34.7 Å². The van der Waals surface area contributed by atoms with E-state index in [0.29, 0.717) is 0 Å². The molecule has 0 spiro atoms. The second kappa shape index (κ2) is 11.6. The Kier molecular flexibility index (Phi) is 8.72. The number of thioether (sulfide) groups is 1. The molecule has 5 N–H and O–H groups in total. The van der Waals surface area contributed by atoms with Gasteiger partial charge in [0, 0.05) is 11.3 Å². The number of anilines is 1. The second-order valence-corrected chi connectivity index (χ2v) is 10.2. The number of rotatable bonds is 11. The maximum atomic E-state index is 13.0. The number of oxime groups is 1. The lowest BCUT2D eigenvalue weighted by atomic mass is 10.0. The van der Waals surface area contributed by atoms with Crippen LogP contribution in [-0.2, 0) is 38.3 Å². The highest BCUT2D eigenvalue weighted by atomic mass is 35.5. The van der Waals surface area contributed by atoms with E-state index >= 15 is 0 Å². The summed E-state index contributed by atoms with van der Waals surface area (Å²) in [5.74, 6) is -5.81. The molecule has 1 fully saturated rings. The van der Waals surface area contributed by atoms with Crippen molar-refractivity contribution in [1.82, 2.24) is 15.2 Å². The predicted molar refractivity (Wildman–Crippen MR) is 128 cm³/mol. The number of β-lactam (4-membered cyclic amide) rings is 1. The van der Waals surface area contributed by atoms with Gasteiger partial charge in [-0.05, 0) is 6.92 Å². The number of aromatic nitrogens is 1. The third-order valence-corrected chi connectivity index (χ3v) is 7.15. The first-order valence-corrected chi connectivity index (χ1v) is 12.3. The predicted octanol–water partition coefficient (Wildman–Crippen LogP) is -0.555. The Morgan fingerprint density at radius 3 is 2.57 bits per heavy atom.